The average molecular weight is 1090 g/mol. The first-order valence-electron chi connectivity index (χ1n) is 24.3. The average Bonchev–Trinajstić information content (AvgIpc) is 4.34. The number of carbonyl (C=O) groups excluding carboxylic acids is 1. The lowest BCUT2D eigenvalue weighted by molar-refractivity contribution is -0.0589. The van der Waals surface area contributed by atoms with Crippen LogP contribution in [0.15, 0.2) is 122 Å². The summed E-state index contributed by atoms with van der Waals surface area (Å²) < 4.78 is 75.9. The summed E-state index contributed by atoms with van der Waals surface area (Å²) in [5, 5.41) is 44.6. The first-order chi connectivity index (χ1) is 37.5. The molecule has 2 saturated carbocycles. The van der Waals surface area contributed by atoms with Gasteiger partial charge >= 0.3 is 24.7 Å². The van der Waals surface area contributed by atoms with Gasteiger partial charge in [0.25, 0.3) is 0 Å². The van der Waals surface area contributed by atoms with E-state index in [1.54, 1.807) is 49.6 Å². The maximum absolute atomic E-state index is 13.1. The molecule has 25 nitrogen and oxygen atoms in total. The Morgan fingerprint density at radius 3 is 1.47 bits per heavy atom. The zero-order valence-corrected chi connectivity index (χ0v) is 43.4. The summed E-state index contributed by atoms with van der Waals surface area (Å²) in [6.45, 7) is 3.86. The maximum atomic E-state index is 13.1. The molecule has 0 bridgehead atoms. The molecule has 27 heteroatoms. The minimum Gasteiger partial charge on any atom is -0.486 e. The van der Waals surface area contributed by atoms with Gasteiger partial charge in [-0.2, -0.15) is 55.9 Å². The summed E-state index contributed by atoms with van der Waals surface area (Å²) >= 11 is 0. The molecular formula is C51H46N16O9S2. The number of carbonyl (C=O) groups is 1. The highest BCUT2D eigenvalue weighted by Crippen LogP contribution is 2.39. The van der Waals surface area contributed by atoms with Gasteiger partial charge in [0.1, 0.15) is 35.1 Å². The zero-order chi connectivity index (χ0) is 54.2. The van der Waals surface area contributed by atoms with Gasteiger partial charge in [-0.25, -0.2) is 0 Å². The van der Waals surface area contributed by atoms with Crippen molar-refractivity contribution < 1.29 is 39.7 Å². The number of aromatic amines is 2. The highest BCUT2D eigenvalue weighted by Gasteiger charge is 2.48. The molecular weight excluding hydrogens is 1040 g/mol. The number of nitrogens with one attached hydrogen (secondary N) is 4. The molecule has 2 aliphatic rings. The quantitative estimate of drug-likeness (QED) is 0.0694. The van der Waals surface area contributed by atoms with Gasteiger partial charge in [-0.15, -0.1) is 0 Å². The molecule has 2 aliphatic carbocycles. The third-order valence-electron chi connectivity index (χ3n) is 14.1. The molecule has 0 spiro atoms. The second-order valence-electron chi connectivity index (χ2n) is 18.9. The summed E-state index contributed by atoms with van der Waals surface area (Å²) in [6, 6.07) is 19.5. The second-order valence-corrected chi connectivity index (χ2v) is 22.0. The number of ether oxygens (including phenoxy) is 2. The third-order valence-corrected chi connectivity index (χ3v) is 17.0. The summed E-state index contributed by atoms with van der Waals surface area (Å²) in [5.74, 6) is 1.18. The van der Waals surface area contributed by atoms with E-state index in [-0.39, 0.29) is 36.5 Å². The second kappa shape index (κ2) is 19.4. The predicted octanol–water partition coefficient (Wildman–Crippen LogP) is 7.21. The number of hydrogen-bond acceptors (Lipinski definition) is 21. The van der Waals surface area contributed by atoms with Crippen molar-refractivity contribution in [1.29, 1.82) is 10.8 Å². The lowest BCUT2D eigenvalue weighted by atomic mass is 9.84. The number of fused-ring (bicyclic) bond motifs is 4. The zero-order valence-electron chi connectivity index (χ0n) is 41.8. The number of hydrogen-bond donors (Lipinski definition) is 4. The molecule has 2 fully saturated rings. The van der Waals surface area contributed by atoms with Crippen LogP contribution in [0.1, 0.15) is 62.1 Å². The van der Waals surface area contributed by atoms with Gasteiger partial charge in [0, 0.05) is 84.3 Å². The Balaban J connectivity index is 0.642. The topological polar surface area (TPSA) is 321 Å². The van der Waals surface area contributed by atoms with Crippen molar-refractivity contribution in [2.24, 2.45) is 0 Å². The van der Waals surface area contributed by atoms with Crippen molar-refractivity contribution in [3.05, 3.63) is 133 Å². The number of aromatic nitrogens is 12. The molecule has 12 rings (SSSR count). The minimum atomic E-state index is -5.51. The molecule has 0 radical (unpaired) electrons. The van der Waals surface area contributed by atoms with E-state index in [4.69, 9.17) is 28.9 Å². The van der Waals surface area contributed by atoms with Gasteiger partial charge in [-0.05, 0) is 75.2 Å². The Hall–Kier alpha value is -8.73. The van der Waals surface area contributed by atoms with Crippen molar-refractivity contribution in [2.45, 2.75) is 63.1 Å². The lowest BCUT2D eigenvalue weighted by Gasteiger charge is -2.40. The highest BCUT2D eigenvalue weighted by molar-refractivity contribution is 8.27. The fraction of sp³-hybridized carbons (Fsp3) is 0.235. The first-order valence-corrected chi connectivity index (χ1v) is 27.2. The smallest absolute Gasteiger partial charge is 0.416 e. The molecule has 6 aromatic heterocycles. The molecule has 0 aliphatic heterocycles. The van der Waals surface area contributed by atoms with Crippen LogP contribution in [0.2, 0.25) is 0 Å². The van der Waals surface area contributed by atoms with Gasteiger partial charge < -0.3 is 20.3 Å². The van der Waals surface area contributed by atoms with E-state index in [1.165, 1.54) is 23.5 Å². The maximum Gasteiger partial charge on any atom is 0.416 e. The van der Waals surface area contributed by atoms with Gasteiger partial charge in [0.2, 0.25) is 0 Å². The molecule has 0 saturated heterocycles. The van der Waals surface area contributed by atoms with Crippen LogP contribution < -0.4 is 9.47 Å². The van der Waals surface area contributed by atoms with E-state index in [2.05, 4.69) is 50.5 Å². The van der Waals surface area contributed by atoms with Crippen LogP contribution in [0, 0.1) is 10.8 Å². The Kier molecular flexibility index (Phi) is 12.4. The standard InChI is InChI=1S/C51H46N16O9S2/c1-27(33-7-5-9-39-49(33)56-17-15-54-39)73-31-11-13-37-35(19-31)47(62-60-37)29-23-58-66(25-29)43-21-41(45(43)52)64(3)75-77(69,70)51(68)78(71,72)76-65(4)42-22-44(46(42)53)67-26-30(24-59-67)48-36-20-32(12-14-38(36)61-63-48)74-28(2)34-8-6-10-40-50(34)57-18-16-55-40/h5-20,23-28,41-44,52-53H,21-22H2,1-4H3,(H,60,62)(H,61,63). The summed E-state index contributed by atoms with van der Waals surface area (Å²) in [7, 11) is -8.68. The number of para-hydroxylation sites is 2. The largest absolute Gasteiger partial charge is 0.486 e. The van der Waals surface area contributed by atoms with Crippen LogP contribution in [-0.2, 0) is 28.8 Å². The minimum absolute atomic E-state index is 0.0123. The normalized spacial score (nSPS) is 18.7. The molecule has 6 unspecified atom stereocenters. The lowest BCUT2D eigenvalue weighted by Crippen LogP contribution is -2.54. The van der Waals surface area contributed by atoms with Crippen molar-refractivity contribution >= 4 is 80.0 Å². The summed E-state index contributed by atoms with van der Waals surface area (Å²) in [4.78, 5) is 30.9. The van der Waals surface area contributed by atoms with Crippen molar-refractivity contribution in [3.63, 3.8) is 0 Å². The molecule has 6 atom stereocenters. The predicted molar refractivity (Wildman–Crippen MR) is 283 cm³/mol. The number of nitrogens with zero attached hydrogens (tertiary/aromatic N) is 12. The van der Waals surface area contributed by atoms with E-state index in [9.17, 15) is 21.6 Å². The van der Waals surface area contributed by atoms with Gasteiger partial charge in [-0.1, -0.05) is 24.3 Å². The number of benzene rings is 4. The molecule has 10 aromatic rings. The molecule has 6 heterocycles. The van der Waals surface area contributed by atoms with Crippen molar-refractivity contribution in [1.82, 2.24) is 70.0 Å². The Morgan fingerprint density at radius 1 is 0.628 bits per heavy atom. The van der Waals surface area contributed by atoms with Crippen molar-refractivity contribution in [2.75, 3.05) is 14.1 Å². The van der Waals surface area contributed by atoms with Crippen molar-refractivity contribution in [3.8, 4) is 34.0 Å². The Bertz CT molecular complexity index is 3990. The molecule has 4 aromatic carbocycles. The Morgan fingerprint density at radius 2 is 1.05 bits per heavy atom. The molecule has 396 valence electrons. The van der Waals surface area contributed by atoms with E-state index in [0.29, 0.717) is 34.0 Å². The Labute approximate surface area is 443 Å². The van der Waals surface area contributed by atoms with Crippen LogP contribution in [-0.4, -0.2) is 129 Å². The summed E-state index contributed by atoms with van der Waals surface area (Å²) in [5.41, 5.74) is 8.66. The summed E-state index contributed by atoms with van der Waals surface area (Å²) in [6.07, 6.45) is 12.7. The van der Waals surface area contributed by atoms with Gasteiger partial charge in [0.05, 0.1) is 81.1 Å². The van der Waals surface area contributed by atoms with E-state index < -0.39 is 48.9 Å². The van der Waals surface area contributed by atoms with Gasteiger partial charge in [-0.3, -0.25) is 44.3 Å². The monoisotopic (exact) mass is 1090 g/mol. The van der Waals surface area contributed by atoms with E-state index in [0.717, 1.165) is 65.1 Å². The van der Waals surface area contributed by atoms with Gasteiger partial charge in [0.15, 0.2) is 0 Å². The van der Waals surface area contributed by atoms with Crippen LogP contribution >= 0.6 is 0 Å². The fourth-order valence-corrected chi connectivity index (χ4v) is 12.0. The van der Waals surface area contributed by atoms with E-state index in [1.807, 2.05) is 86.6 Å². The van der Waals surface area contributed by atoms with Crippen LogP contribution in [0.4, 0.5) is 4.79 Å². The van der Waals surface area contributed by atoms with Crippen LogP contribution in [0.3, 0.4) is 0 Å². The number of rotatable bonds is 16. The van der Waals surface area contributed by atoms with Crippen LogP contribution in [0.5, 0.6) is 11.5 Å². The van der Waals surface area contributed by atoms with E-state index >= 15 is 0 Å². The number of hydroxylamine groups is 4. The molecule has 78 heavy (non-hydrogen) atoms. The molecule has 4 N–H and O–H groups in total. The fourth-order valence-electron chi connectivity index (χ4n) is 9.90. The van der Waals surface area contributed by atoms with Crippen LogP contribution in [0.25, 0.3) is 66.4 Å². The molecule has 0 amide bonds. The number of H-pyrrole nitrogens is 2. The SMILES string of the molecule is CC(Oc1ccc2[nH]nc(-c3cnn(C4CC(N(C)OS(=O)(=O)C(=O)S(=O)(=O)ON(C)C5CC(n6cc(-c7n[nH]c8ccc(OC(C)c9cccc%10nccnc9%10)cc78)cn6)C5=N)C4=N)c3)c2c1)c1cccc2nccnc12. The highest BCUT2D eigenvalue weighted by atomic mass is 32.3. The first kappa shape index (κ1) is 50.1. The third kappa shape index (κ3) is 8.99.